The Kier molecular flexibility index (Phi) is 28.5. The van der Waals surface area contributed by atoms with Crippen LogP contribution in [0.4, 0.5) is 9.59 Å². The van der Waals surface area contributed by atoms with Gasteiger partial charge in [-0.3, -0.25) is 19.2 Å². The molecule has 452 valence electrons. The molecular weight excluding hydrogens is 1030 g/mol. The zero-order valence-electron chi connectivity index (χ0n) is 50.9. The third-order valence-corrected chi connectivity index (χ3v) is 14.6. The number of carbonyl (C=O) groups is 6. The standard InChI is InChI=1S/C62H98N8O11/c1-45(2)21-17-13-15-19-23-55(71)65-39-47-25-27-51(53(37-47)77-11)80-59(75)69-34-32-67(43-49(69)41-63-9)57(73)29-30-62(7,8)79-36-31-61(5,6)58(74)68-33-35-70(50(44-68)42-64-10)60(76)81-52-28-26-48(38-54(52)78-12)40-66-56(72)24-20-16-14-18-22-46(3)4/h17-18,21-22,25-28,37-38,45-46,49-50,63-64H,13-16,19-20,23-24,29-36,39-44H2,1-12H3,(H,65,71)(H,66,72)/b21-17+,22-18+. The first-order valence-electron chi connectivity index (χ1n) is 29.3. The number of nitrogens with one attached hydrogen (secondary N) is 4. The highest BCUT2D eigenvalue weighted by Crippen LogP contribution is 2.32. The normalized spacial score (nSPS) is 16.1. The first-order chi connectivity index (χ1) is 38.6. The molecule has 0 spiro atoms. The molecule has 2 saturated heterocycles. The van der Waals surface area contributed by atoms with Crippen molar-refractivity contribution < 1.29 is 52.5 Å². The highest BCUT2D eigenvalue weighted by Gasteiger charge is 2.40. The van der Waals surface area contributed by atoms with Crippen molar-refractivity contribution in [2.45, 2.75) is 157 Å². The van der Waals surface area contributed by atoms with Crippen molar-refractivity contribution in [3.05, 3.63) is 71.8 Å². The zero-order chi connectivity index (χ0) is 59.5. The number of piperazine rings is 2. The average molecular weight is 1130 g/mol. The molecule has 2 aromatic carbocycles. The van der Waals surface area contributed by atoms with Crippen LogP contribution in [0.25, 0.3) is 0 Å². The summed E-state index contributed by atoms with van der Waals surface area (Å²) in [5, 5.41) is 12.2. The molecule has 2 atom stereocenters. The van der Waals surface area contributed by atoms with Crippen molar-refractivity contribution in [1.82, 2.24) is 40.9 Å². The van der Waals surface area contributed by atoms with Gasteiger partial charge in [0.2, 0.25) is 23.6 Å². The lowest BCUT2D eigenvalue weighted by atomic mass is 9.87. The number of nitrogens with zero attached hydrogens (tertiary/aromatic N) is 4. The Hall–Kier alpha value is -6.18. The summed E-state index contributed by atoms with van der Waals surface area (Å²) in [4.78, 5) is 87.1. The van der Waals surface area contributed by atoms with Gasteiger partial charge >= 0.3 is 12.2 Å². The molecule has 81 heavy (non-hydrogen) atoms. The Balaban J connectivity index is 1.21. The van der Waals surface area contributed by atoms with Crippen molar-refractivity contribution >= 4 is 35.8 Å². The van der Waals surface area contributed by atoms with E-state index in [0.717, 1.165) is 49.7 Å². The van der Waals surface area contributed by atoms with E-state index in [-0.39, 0.29) is 66.7 Å². The summed E-state index contributed by atoms with van der Waals surface area (Å²) in [5.41, 5.74) is 0.177. The summed E-state index contributed by atoms with van der Waals surface area (Å²) in [6.07, 6.45) is 15.1. The van der Waals surface area contributed by atoms with Gasteiger partial charge in [0.15, 0.2) is 23.0 Å². The van der Waals surface area contributed by atoms with Gasteiger partial charge in [-0.1, -0.05) is 78.0 Å². The lowest BCUT2D eigenvalue weighted by molar-refractivity contribution is -0.145. The van der Waals surface area contributed by atoms with E-state index >= 15 is 0 Å². The van der Waals surface area contributed by atoms with Gasteiger partial charge in [-0.05, 0) is 127 Å². The van der Waals surface area contributed by atoms with Crippen LogP contribution in [0, 0.1) is 17.3 Å². The number of methoxy groups -OCH3 is 2. The van der Waals surface area contributed by atoms with Crippen LogP contribution in [0.5, 0.6) is 23.0 Å². The zero-order valence-corrected chi connectivity index (χ0v) is 50.9. The van der Waals surface area contributed by atoms with Crippen LogP contribution in [0.1, 0.15) is 137 Å². The molecule has 4 rings (SSSR count). The SMILES string of the molecule is CNCC1CN(C(=O)CCC(C)(C)OCCC(C)(C)C(=O)N2CCN(C(=O)Oc3ccc(CNC(=O)CCCC/C=C/C(C)C)cc3OC)C(CNC)C2)CCN1C(=O)Oc1ccc(CNC(=O)CCCC/C=C/C(C)C)cc1OC. The molecule has 2 aliphatic rings. The van der Waals surface area contributed by atoms with Gasteiger partial charge < -0.3 is 64.6 Å². The van der Waals surface area contributed by atoms with E-state index in [2.05, 4.69) is 73.3 Å². The lowest BCUT2D eigenvalue weighted by Gasteiger charge is -2.43. The second kappa shape index (κ2) is 34.3. The van der Waals surface area contributed by atoms with Crippen LogP contribution < -0.4 is 40.2 Å². The van der Waals surface area contributed by atoms with Gasteiger partial charge in [-0.15, -0.1) is 0 Å². The number of carbonyl (C=O) groups excluding carboxylic acids is 6. The highest BCUT2D eigenvalue weighted by atomic mass is 16.6. The first kappa shape index (κ1) is 67.3. The van der Waals surface area contributed by atoms with E-state index in [1.165, 1.54) is 14.2 Å². The minimum Gasteiger partial charge on any atom is -0.493 e. The molecule has 2 aromatic rings. The predicted molar refractivity (Wildman–Crippen MR) is 316 cm³/mol. The van der Waals surface area contributed by atoms with Crippen molar-refractivity contribution in [3.8, 4) is 23.0 Å². The van der Waals surface area contributed by atoms with Gasteiger partial charge in [0.1, 0.15) is 0 Å². The molecule has 6 amide bonds. The molecule has 19 heteroatoms. The molecular formula is C62H98N8O11. The van der Waals surface area contributed by atoms with Crippen LogP contribution in [-0.2, 0) is 37.0 Å². The Morgan fingerprint density at radius 2 is 1.06 bits per heavy atom. The Bertz CT molecular complexity index is 2390. The van der Waals surface area contributed by atoms with E-state index in [9.17, 15) is 28.8 Å². The smallest absolute Gasteiger partial charge is 0.415 e. The molecule has 2 aliphatic heterocycles. The maximum atomic E-state index is 14.1. The number of allylic oxidation sites excluding steroid dienone is 4. The van der Waals surface area contributed by atoms with E-state index in [0.29, 0.717) is 108 Å². The minimum absolute atomic E-state index is 0.0197. The summed E-state index contributed by atoms with van der Waals surface area (Å²) >= 11 is 0. The number of benzene rings is 2. The first-order valence-corrected chi connectivity index (χ1v) is 29.3. The van der Waals surface area contributed by atoms with E-state index in [1.807, 2.05) is 27.7 Å². The van der Waals surface area contributed by atoms with Crippen molar-refractivity contribution in [2.24, 2.45) is 17.3 Å². The van der Waals surface area contributed by atoms with Crippen LogP contribution in [0.15, 0.2) is 60.7 Å². The molecule has 0 saturated carbocycles. The maximum Gasteiger partial charge on any atom is 0.415 e. The maximum absolute atomic E-state index is 14.1. The fraction of sp³-hybridized carbons (Fsp3) is 0.645. The second-order valence-corrected chi connectivity index (χ2v) is 23.2. The van der Waals surface area contributed by atoms with E-state index in [4.69, 9.17) is 23.7 Å². The van der Waals surface area contributed by atoms with E-state index < -0.39 is 23.2 Å². The van der Waals surface area contributed by atoms with Crippen molar-refractivity contribution in [3.63, 3.8) is 0 Å². The van der Waals surface area contributed by atoms with Gasteiger partial charge in [0, 0.05) is 96.7 Å². The summed E-state index contributed by atoms with van der Waals surface area (Å²) in [7, 11) is 6.60. The van der Waals surface area contributed by atoms with Gasteiger partial charge in [-0.2, -0.15) is 0 Å². The number of hydrogen-bond acceptors (Lipinski definition) is 13. The Labute approximate surface area is 483 Å². The topological polar surface area (TPSA) is 210 Å². The highest BCUT2D eigenvalue weighted by molar-refractivity contribution is 5.83. The molecule has 19 nitrogen and oxygen atoms in total. The molecule has 2 unspecified atom stereocenters. The molecule has 0 aliphatic carbocycles. The average Bonchev–Trinajstić information content (AvgIpc) is 3.47. The number of rotatable bonds is 32. The Morgan fingerprint density at radius 3 is 1.51 bits per heavy atom. The molecule has 0 bridgehead atoms. The van der Waals surface area contributed by atoms with Crippen molar-refractivity contribution in [2.75, 3.05) is 87.3 Å². The third-order valence-electron chi connectivity index (χ3n) is 14.6. The number of ether oxygens (including phenoxy) is 5. The molecule has 4 N–H and O–H groups in total. The number of likely N-dealkylation sites (N-methyl/N-ethyl adjacent to an activating group) is 2. The van der Waals surface area contributed by atoms with Gasteiger partial charge in [0.25, 0.3) is 0 Å². The fourth-order valence-corrected chi connectivity index (χ4v) is 9.71. The Morgan fingerprint density at radius 1 is 0.605 bits per heavy atom. The molecule has 0 radical (unpaired) electrons. The number of hydrogen-bond donors (Lipinski definition) is 4. The van der Waals surface area contributed by atoms with Crippen LogP contribution in [0.2, 0.25) is 0 Å². The number of amides is 6. The monoisotopic (exact) mass is 1130 g/mol. The van der Waals surface area contributed by atoms with Gasteiger partial charge in [-0.25, -0.2) is 9.59 Å². The summed E-state index contributed by atoms with van der Waals surface area (Å²) in [6, 6.07) is 9.74. The lowest BCUT2D eigenvalue weighted by Crippen LogP contribution is -2.61. The van der Waals surface area contributed by atoms with Crippen molar-refractivity contribution in [1.29, 1.82) is 0 Å². The van der Waals surface area contributed by atoms with Crippen LogP contribution in [0.3, 0.4) is 0 Å². The second-order valence-electron chi connectivity index (χ2n) is 23.2. The van der Waals surface area contributed by atoms with Gasteiger partial charge in [0.05, 0.1) is 31.9 Å². The quantitative estimate of drug-likeness (QED) is 0.0400. The fourth-order valence-electron chi connectivity index (χ4n) is 9.71. The summed E-state index contributed by atoms with van der Waals surface area (Å²) < 4.78 is 29.3. The summed E-state index contributed by atoms with van der Waals surface area (Å²) in [6.45, 7) is 19.9. The molecule has 0 aromatic heterocycles. The number of unbranched alkanes of at least 4 members (excludes halogenated alkanes) is 4. The molecule has 2 fully saturated rings. The molecule has 2 heterocycles. The third kappa shape index (κ3) is 23.3. The largest absolute Gasteiger partial charge is 0.493 e. The van der Waals surface area contributed by atoms with E-state index in [1.54, 1.807) is 70.1 Å². The summed E-state index contributed by atoms with van der Waals surface area (Å²) in [5.74, 6) is 2.17. The van der Waals surface area contributed by atoms with Crippen LogP contribution in [-0.4, -0.2) is 160 Å². The van der Waals surface area contributed by atoms with Crippen LogP contribution >= 0.6 is 0 Å². The minimum atomic E-state index is -0.779. The predicted octanol–water partition coefficient (Wildman–Crippen LogP) is 8.64.